The molecule has 1 fully saturated rings. The highest BCUT2D eigenvalue weighted by Crippen LogP contribution is 2.19. The van der Waals surface area contributed by atoms with Crippen molar-refractivity contribution in [2.24, 2.45) is 5.92 Å². The van der Waals surface area contributed by atoms with Crippen molar-refractivity contribution >= 4 is 5.91 Å². The number of piperidine rings is 1. The molecular formula is C18H33N5O. The standard InChI is InChI=1S/C18H33N5O/c1-13(11-23-16(4)19-15(3)21-23)17(24)20-18(5,6)12-22-10-8-7-9-14(22)2/h13-14H,7-12H2,1-6H3,(H,20,24). The molecule has 1 saturated heterocycles. The Bertz CT molecular complexity index is 566. The van der Waals surface area contributed by atoms with E-state index >= 15 is 0 Å². The maximum absolute atomic E-state index is 12.6. The highest BCUT2D eigenvalue weighted by molar-refractivity contribution is 5.78. The lowest BCUT2D eigenvalue weighted by Crippen LogP contribution is -2.55. The van der Waals surface area contributed by atoms with E-state index < -0.39 is 0 Å². The number of carbonyl (C=O) groups is 1. The molecule has 1 amide bonds. The molecule has 0 aromatic carbocycles. The topological polar surface area (TPSA) is 63.1 Å². The van der Waals surface area contributed by atoms with Crippen molar-refractivity contribution in [1.29, 1.82) is 0 Å². The Balaban J connectivity index is 1.90. The van der Waals surface area contributed by atoms with Crippen LogP contribution < -0.4 is 5.32 Å². The van der Waals surface area contributed by atoms with Gasteiger partial charge in [0.1, 0.15) is 11.6 Å². The zero-order valence-electron chi connectivity index (χ0n) is 16.1. The van der Waals surface area contributed by atoms with E-state index in [1.165, 1.54) is 19.3 Å². The zero-order valence-corrected chi connectivity index (χ0v) is 16.1. The Morgan fingerprint density at radius 1 is 1.38 bits per heavy atom. The first-order chi connectivity index (χ1) is 11.2. The summed E-state index contributed by atoms with van der Waals surface area (Å²) in [5.74, 6) is 1.55. The average Bonchev–Trinajstić information content (AvgIpc) is 2.78. The highest BCUT2D eigenvalue weighted by Gasteiger charge is 2.29. The summed E-state index contributed by atoms with van der Waals surface area (Å²) < 4.78 is 1.82. The van der Waals surface area contributed by atoms with Crippen LogP contribution in [0.25, 0.3) is 0 Å². The highest BCUT2D eigenvalue weighted by atomic mass is 16.2. The predicted octanol–water partition coefficient (Wildman–Crippen LogP) is 2.30. The Kier molecular flexibility index (Phi) is 6.01. The van der Waals surface area contributed by atoms with Gasteiger partial charge in [0, 0.05) is 18.1 Å². The summed E-state index contributed by atoms with van der Waals surface area (Å²) in [4.78, 5) is 19.4. The molecule has 2 rings (SSSR count). The van der Waals surface area contributed by atoms with Crippen molar-refractivity contribution in [2.45, 2.75) is 78.9 Å². The van der Waals surface area contributed by atoms with E-state index in [-0.39, 0.29) is 17.4 Å². The Hall–Kier alpha value is -1.43. The fourth-order valence-corrected chi connectivity index (χ4v) is 3.47. The van der Waals surface area contributed by atoms with Crippen LogP contribution in [0, 0.1) is 19.8 Å². The molecule has 1 aromatic rings. The van der Waals surface area contributed by atoms with Gasteiger partial charge in [-0.05, 0) is 54.0 Å². The van der Waals surface area contributed by atoms with Gasteiger partial charge in [-0.2, -0.15) is 5.10 Å². The van der Waals surface area contributed by atoms with Gasteiger partial charge in [-0.3, -0.25) is 9.69 Å². The number of aryl methyl sites for hydroxylation is 2. The third-order valence-electron chi connectivity index (χ3n) is 4.86. The van der Waals surface area contributed by atoms with Gasteiger partial charge >= 0.3 is 0 Å². The van der Waals surface area contributed by atoms with Gasteiger partial charge in [0.15, 0.2) is 0 Å². The first-order valence-electron chi connectivity index (χ1n) is 9.12. The molecule has 0 saturated carbocycles. The summed E-state index contributed by atoms with van der Waals surface area (Å²) in [6.07, 6.45) is 3.83. The summed E-state index contributed by atoms with van der Waals surface area (Å²) >= 11 is 0. The molecule has 1 N–H and O–H groups in total. The molecule has 1 aromatic heterocycles. The van der Waals surface area contributed by atoms with Gasteiger partial charge in [-0.1, -0.05) is 13.3 Å². The summed E-state index contributed by atoms with van der Waals surface area (Å²) in [6.45, 7) is 14.9. The van der Waals surface area contributed by atoms with Crippen LogP contribution in [0.3, 0.4) is 0 Å². The third-order valence-corrected chi connectivity index (χ3v) is 4.86. The van der Waals surface area contributed by atoms with Gasteiger partial charge in [0.25, 0.3) is 0 Å². The molecule has 2 heterocycles. The maximum atomic E-state index is 12.6. The number of hydrogen-bond acceptors (Lipinski definition) is 4. The van der Waals surface area contributed by atoms with E-state index in [1.807, 2.05) is 25.5 Å². The van der Waals surface area contributed by atoms with Gasteiger partial charge < -0.3 is 5.32 Å². The monoisotopic (exact) mass is 335 g/mol. The largest absolute Gasteiger partial charge is 0.350 e. The Morgan fingerprint density at radius 2 is 2.08 bits per heavy atom. The number of nitrogens with one attached hydrogen (secondary N) is 1. The fourth-order valence-electron chi connectivity index (χ4n) is 3.47. The van der Waals surface area contributed by atoms with E-state index in [9.17, 15) is 4.79 Å². The van der Waals surface area contributed by atoms with E-state index in [1.54, 1.807) is 0 Å². The zero-order chi connectivity index (χ0) is 17.9. The first kappa shape index (κ1) is 18.9. The molecule has 0 bridgehead atoms. The normalized spacial score (nSPS) is 20.8. The van der Waals surface area contributed by atoms with Crippen molar-refractivity contribution in [3.8, 4) is 0 Å². The lowest BCUT2D eigenvalue weighted by molar-refractivity contribution is -0.127. The van der Waals surface area contributed by atoms with Gasteiger partial charge in [-0.15, -0.1) is 0 Å². The summed E-state index contributed by atoms with van der Waals surface area (Å²) in [7, 11) is 0. The number of amides is 1. The van der Waals surface area contributed by atoms with E-state index in [0.717, 1.165) is 24.7 Å². The predicted molar refractivity (Wildman–Crippen MR) is 95.8 cm³/mol. The second kappa shape index (κ2) is 7.64. The lowest BCUT2D eigenvalue weighted by Gasteiger charge is -2.39. The number of likely N-dealkylation sites (tertiary alicyclic amines) is 1. The lowest BCUT2D eigenvalue weighted by atomic mass is 9.97. The smallest absolute Gasteiger partial charge is 0.225 e. The first-order valence-corrected chi connectivity index (χ1v) is 9.12. The molecule has 1 aliphatic rings. The number of rotatable bonds is 6. The average molecular weight is 335 g/mol. The van der Waals surface area contributed by atoms with Gasteiger partial charge in [-0.25, -0.2) is 9.67 Å². The number of nitrogens with zero attached hydrogens (tertiary/aromatic N) is 4. The Morgan fingerprint density at radius 3 is 2.67 bits per heavy atom. The van der Waals surface area contributed by atoms with Gasteiger partial charge in [0.05, 0.1) is 12.5 Å². The molecule has 2 unspecified atom stereocenters. The minimum Gasteiger partial charge on any atom is -0.350 e. The SMILES string of the molecule is Cc1nc(C)n(CC(C)C(=O)NC(C)(C)CN2CCCCC2C)n1. The maximum Gasteiger partial charge on any atom is 0.225 e. The quantitative estimate of drug-likeness (QED) is 0.866. The Labute approximate surface area is 146 Å². The van der Waals surface area contributed by atoms with Crippen LogP contribution in [-0.2, 0) is 11.3 Å². The van der Waals surface area contributed by atoms with Crippen LogP contribution in [0.4, 0.5) is 0 Å². The van der Waals surface area contributed by atoms with E-state index in [0.29, 0.717) is 12.6 Å². The number of aromatic nitrogens is 3. The van der Waals surface area contributed by atoms with Crippen molar-refractivity contribution in [3.05, 3.63) is 11.6 Å². The van der Waals surface area contributed by atoms with Crippen molar-refractivity contribution < 1.29 is 4.79 Å². The second-order valence-electron chi connectivity index (χ2n) is 7.98. The molecule has 0 radical (unpaired) electrons. The molecule has 0 spiro atoms. The van der Waals surface area contributed by atoms with Crippen LogP contribution in [0.2, 0.25) is 0 Å². The summed E-state index contributed by atoms with van der Waals surface area (Å²) in [5.41, 5.74) is -0.232. The molecule has 1 aliphatic heterocycles. The fraction of sp³-hybridized carbons (Fsp3) is 0.833. The van der Waals surface area contributed by atoms with Crippen LogP contribution in [0.5, 0.6) is 0 Å². The van der Waals surface area contributed by atoms with Gasteiger partial charge in [0.2, 0.25) is 5.91 Å². The van der Waals surface area contributed by atoms with Crippen molar-refractivity contribution in [2.75, 3.05) is 13.1 Å². The molecule has 24 heavy (non-hydrogen) atoms. The molecule has 6 heteroatoms. The van der Waals surface area contributed by atoms with Crippen LogP contribution in [0.15, 0.2) is 0 Å². The number of carbonyl (C=O) groups excluding carboxylic acids is 1. The number of hydrogen-bond donors (Lipinski definition) is 1. The second-order valence-corrected chi connectivity index (χ2v) is 7.98. The minimum absolute atomic E-state index is 0.0808. The molecule has 136 valence electrons. The molecule has 0 aliphatic carbocycles. The van der Waals surface area contributed by atoms with E-state index in [2.05, 4.69) is 41.1 Å². The van der Waals surface area contributed by atoms with Crippen LogP contribution >= 0.6 is 0 Å². The van der Waals surface area contributed by atoms with Crippen LogP contribution in [-0.4, -0.2) is 50.2 Å². The molecule has 2 atom stereocenters. The summed E-state index contributed by atoms with van der Waals surface area (Å²) in [6, 6.07) is 0.605. The molecule has 6 nitrogen and oxygen atoms in total. The van der Waals surface area contributed by atoms with Crippen molar-refractivity contribution in [1.82, 2.24) is 25.0 Å². The summed E-state index contributed by atoms with van der Waals surface area (Å²) in [5, 5.41) is 7.58. The van der Waals surface area contributed by atoms with Crippen LogP contribution in [0.1, 0.15) is 58.6 Å². The van der Waals surface area contributed by atoms with E-state index in [4.69, 9.17) is 0 Å². The minimum atomic E-state index is -0.232. The third kappa shape index (κ3) is 5.03. The molecular weight excluding hydrogens is 302 g/mol. The van der Waals surface area contributed by atoms with Crippen molar-refractivity contribution in [3.63, 3.8) is 0 Å².